The summed E-state index contributed by atoms with van der Waals surface area (Å²) in [5.74, 6) is 0. The molecule has 3 aromatic rings. The minimum Gasteiger partial charge on any atom is -0.291 e. The van der Waals surface area contributed by atoms with Crippen molar-refractivity contribution in [3.05, 3.63) is 120 Å². The number of allylic oxidation sites excluding steroid dienone is 4. The Bertz CT molecular complexity index is 1010. The molecule has 0 saturated heterocycles. The van der Waals surface area contributed by atoms with Crippen LogP contribution in [0.25, 0.3) is 11.1 Å². The summed E-state index contributed by atoms with van der Waals surface area (Å²) in [4.78, 5) is 4.82. The van der Waals surface area contributed by atoms with E-state index >= 15 is 0 Å². The molecular weight excluding hydrogens is 326 g/mol. The van der Waals surface area contributed by atoms with Crippen molar-refractivity contribution in [3.8, 4) is 0 Å². The van der Waals surface area contributed by atoms with Gasteiger partial charge in [-0.3, -0.25) is 4.99 Å². The predicted molar refractivity (Wildman–Crippen MR) is 116 cm³/mol. The van der Waals surface area contributed by atoms with E-state index in [1.54, 1.807) is 0 Å². The first-order valence-electron chi connectivity index (χ1n) is 9.31. The molecule has 0 amide bonds. The van der Waals surface area contributed by atoms with E-state index in [4.69, 9.17) is 4.99 Å². The maximum atomic E-state index is 4.82. The van der Waals surface area contributed by atoms with Gasteiger partial charge in [0.25, 0.3) is 0 Å². The van der Waals surface area contributed by atoms with E-state index in [9.17, 15) is 0 Å². The molecule has 1 aliphatic carbocycles. The molecular formula is C26H23N. The summed E-state index contributed by atoms with van der Waals surface area (Å²) in [7, 11) is 1.90. The predicted octanol–water partition coefficient (Wildman–Crippen LogP) is 6.20. The average molecular weight is 349 g/mol. The fraction of sp³-hybridized carbons (Fsp3) is 0.115. The van der Waals surface area contributed by atoms with Crippen LogP contribution in [0.5, 0.6) is 0 Å². The molecule has 0 aliphatic heterocycles. The SMILES string of the molecule is CN=C1C(c2ccccc2)=CC=C(c2ccccc2)C1(C)c1ccccc1. The second-order valence-electron chi connectivity index (χ2n) is 6.96. The zero-order valence-electron chi connectivity index (χ0n) is 15.8. The first-order chi connectivity index (χ1) is 13.2. The smallest absolute Gasteiger partial charge is 0.0603 e. The van der Waals surface area contributed by atoms with E-state index in [0.717, 1.165) is 5.71 Å². The Morgan fingerprint density at radius 3 is 1.70 bits per heavy atom. The summed E-state index contributed by atoms with van der Waals surface area (Å²) >= 11 is 0. The summed E-state index contributed by atoms with van der Waals surface area (Å²) in [5.41, 5.74) is 6.91. The van der Waals surface area contributed by atoms with Gasteiger partial charge in [0, 0.05) is 12.6 Å². The molecule has 0 heterocycles. The quantitative estimate of drug-likeness (QED) is 0.534. The van der Waals surface area contributed by atoms with Crippen molar-refractivity contribution in [2.75, 3.05) is 7.05 Å². The lowest BCUT2D eigenvalue weighted by molar-refractivity contribution is 0.831. The van der Waals surface area contributed by atoms with Gasteiger partial charge in [0.1, 0.15) is 0 Å². The van der Waals surface area contributed by atoms with Crippen LogP contribution in [0.4, 0.5) is 0 Å². The largest absolute Gasteiger partial charge is 0.291 e. The van der Waals surface area contributed by atoms with Crippen molar-refractivity contribution in [2.24, 2.45) is 4.99 Å². The topological polar surface area (TPSA) is 12.4 Å². The van der Waals surface area contributed by atoms with Crippen LogP contribution in [-0.2, 0) is 5.41 Å². The summed E-state index contributed by atoms with van der Waals surface area (Å²) < 4.78 is 0. The van der Waals surface area contributed by atoms with Gasteiger partial charge in [0.2, 0.25) is 0 Å². The Hall–Kier alpha value is -3.19. The number of aliphatic imine (C=N–C) groups is 1. The highest BCUT2D eigenvalue weighted by Crippen LogP contribution is 2.45. The Morgan fingerprint density at radius 1 is 0.630 bits per heavy atom. The van der Waals surface area contributed by atoms with E-state index in [0.29, 0.717) is 0 Å². The molecule has 1 aliphatic rings. The Kier molecular flexibility index (Phi) is 4.60. The van der Waals surface area contributed by atoms with Crippen LogP contribution < -0.4 is 0 Å². The van der Waals surface area contributed by atoms with Gasteiger partial charge in [0.15, 0.2) is 0 Å². The van der Waals surface area contributed by atoms with E-state index in [1.165, 1.54) is 27.8 Å². The molecule has 0 saturated carbocycles. The highest BCUT2D eigenvalue weighted by Gasteiger charge is 2.40. The first kappa shape index (κ1) is 17.2. The van der Waals surface area contributed by atoms with Gasteiger partial charge in [-0.1, -0.05) is 103 Å². The van der Waals surface area contributed by atoms with Gasteiger partial charge >= 0.3 is 0 Å². The molecule has 1 atom stereocenters. The zero-order chi connectivity index (χ0) is 18.7. The lowest BCUT2D eigenvalue weighted by Gasteiger charge is -2.38. The fourth-order valence-electron chi connectivity index (χ4n) is 4.07. The molecule has 0 spiro atoms. The average Bonchev–Trinajstić information content (AvgIpc) is 2.75. The summed E-state index contributed by atoms with van der Waals surface area (Å²) in [6.45, 7) is 2.29. The van der Waals surface area contributed by atoms with Gasteiger partial charge in [-0.2, -0.15) is 0 Å². The molecule has 1 unspecified atom stereocenters. The molecule has 3 aromatic carbocycles. The van der Waals surface area contributed by atoms with Crippen molar-refractivity contribution < 1.29 is 0 Å². The number of rotatable bonds is 3. The van der Waals surface area contributed by atoms with Crippen molar-refractivity contribution in [1.82, 2.24) is 0 Å². The van der Waals surface area contributed by atoms with Gasteiger partial charge in [-0.15, -0.1) is 0 Å². The van der Waals surface area contributed by atoms with Crippen molar-refractivity contribution in [1.29, 1.82) is 0 Å². The summed E-state index contributed by atoms with van der Waals surface area (Å²) in [6, 6.07) is 31.8. The van der Waals surface area contributed by atoms with Crippen LogP contribution in [0.2, 0.25) is 0 Å². The third-order valence-corrected chi connectivity index (χ3v) is 5.43. The Labute approximate surface area is 161 Å². The first-order valence-corrected chi connectivity index (χ1v) is 9.31. The maximum absolute atomic E-state index is 4.82. The number of hydrogen-bond donors (Lipinski definition) is 0. The van der Waals surface area contributed by atoms with E-state index in [1.807, 2.05) is 7.05 Å². The second-order valence-corrected chi connectivity index (χ2v) is 6.96. The van der Waals surface area contributed by atoms with Gasteiger partial charge < -0.3 is 0 Å². The van der Waals surface area contributed by atoms with Crippen LogP contribution in [0.15, 0.2) is 108 Å². The number of benzene rings is 3. The molecule has 0 aromatic heterocycles. The van der Waals surface area contributed by atoms with E-state index < -0.39 is 0 Å². The van der Waals surface area contributed by atoms with Crippen LogP contribution >= 0.6 is 0 Å². The van der Waals surface area contributed by atoms with Crippen molar-refractivity contribution in [2.45, 2.75) is 12.3 Å². The maximum Gasteiger partial charge on any atom is 0.0603 e. The Balaban J connectivity index is 1.98. The standard InChI is InChI=1S/C26H23N/c1-26(22-16-10-5-11-17-22)24(21-14-8-4-9-15-21)19-18-23(25(26)27-2)20-12-6-3-7-13-20/h3-19H,1-2H3. The van der Waals surface area contributed by atoms with Crippen LogP contribution in [0.1, 0.15) is 23.6 Å². The van der Waals surface area contributed by atoms with Gasteiger partial charge in [-0.25, -0.2) is 0 Å². The van der Waals surface area contributed by atoms with Crippen molar-refractivity contribution >= 4 is 16.9 Å². The molecule has 27 heavy (non-hydrogen) atoms. The molecule has 132 valence electrons. The summed E-state index contributed by atoms with van der Waals surface area (Å²) in [5, 5.41) is 0. The highest BCUT2D eigenvalue weighted by atomic mass is 14.7. The van der Waals surface area contributed by atoms with Crippen molar-refractivity contribution in [3.63, 3.8) is 0 Å². The van der Waals surface area contributed by atoms with Gasteiger partial charge in [-0.05, 0) is 29.2 Å². The highest BCUT2D eigenvalue weighted by molar-refractivity contribution is 6.33. The Morgan fingerprint density at radius 2 is 1.15 bits per heavy atom. The molecule has 0 fully saturated rings. The molecule has 0 N–H and O–H groups in total. The number of hydrogen-bond acceptors (Lipinski definition) is 1. The molecule has 1 nitrogen and oxygen atoms in total. The molecule has 1 heteroatoms. The van der Waals surface area contributed by atoms with Crippen LogP contribution in [0.3, 0.4) is 0 Å². The second kappa shape index (κ2) is 7.20. The van der Waals surface area contributed by atoms with Crippen LogP contribution in [0, 0.1) is 0 Å². The zero-order valence-corrected chi connectivity index (χ0v) is 15.8. The van der Waals surface area contributed by atoms with Gasteiger partial charge in [0.05, 0.1) is 11.1 Å². The lowest BCUT2D eigenvalue weighted by atomic mass is 9.65. The van der Waals surface area contributed by atoms with E-state index in [-0.39, 0.29) is 5.41 Å². The normalized spacial score (nSPS) is 20.9. The fourth-order valence-corrected chi connectivity index (χ4v) is 4.07. The molecule has 0 radical (unpaired) electrons. The van der Waals surface area contributed by atoms with Crippen LogP contribution in [-0.4, -0.2) is 12.8 Å². The third kappa shape index (κ3) is 2.96. The monoisotopic (exact) mass is 349 g/mol. The third-order valence-electron chi connectivity index (χ3n) is 5.43. The lowest BCUT2D eigenvalue weighted by Crippen LogP contribution is -2.36. The minimum absolute atomic E-state index is 0.322. The molecule has 4 rings (SSSR count). The van der Waals surface area contributed by atoms with E-state index in [2.05, 4.69) is 110 Å². The summed E-state index contributed by atoms with van der Waals surface area (Å²) in [6.07, 6.45) is 4.48. The number of nitrogens with zero attached hydrogens (tertiary/aromatic N) is 1. The molecule has 0 bridgehead atoms. The minimum atomic E-state index is -0.322.